The summed E-state index contributed by atoms with van der Waals surface area (Å²) in [4.78, 5) is 17.9. The van der Waals surface area contributed by atoms with Crippen LogP contribution in [0.1, 0.15) is 12.1 Å². The molecule has 0 atom stereocenters. The molecule has 2 aromatic heterocycles. The van der Waals surface area contributed by atoms with E-state index in [0.29, 0.717) is 12.8 Å². The molecule has 4 aromatic rings. The van der Waals surface area contributed by atoms with Crippen molar-refractivity contribution in [3.63, 3.8) is 0 Å². The Balaban J connectivity index is 1.44. The fourth-order valence-corrected chi connectivity index (χ4v) is 4.08. The second kappa shape index (κ2) is 8.16. The van der Waals surface area contributed by atoms with Gasteiger partial charge in [-0.1, -0.05) is 15.9 Å². The van der Waals surface area contributed by atoms with Gasteiger partial charge >= 0.3 is 0 Å². The molecule has 142 valence electrons. The number of rotatable bonds is 6. The molecule has 0 aliphatic carbocycles. The number of anilines is 1. The average Bonchev–Trinajstić information content (AvgIpc) is 3.29. The number of benzene rings is 2. The van der Waals surface area contributed by atoms with E-state index in [4.69, 9.17) is 9.72 Å². The van der Waals surface area contributed by atoms with Crippen molar-refractivity contribution in [1.82, 2.24) is 9.38 Å². The zero-order chi connectivity index (χ0) is 19.5. The zero-order valence-electron chi connectivity index (χ0n) is 15.2. The number of aromatic nitrogens is 2. The van der Waals surface area contributed by atoms with E-state index in [0.717, 1.165) is 37.8 Å². The number of carbonyl (C=O) groups excluding carboxylic acids is 1. The molecule has 1 amide bonds. The van der Waals surface area contributed by atoms with Crippen LogP contribution in [0.15, 0.2) is 64.6 Å². The third-order valence-electron chi connectivity index (χ3n) is 4.41. The summed E-state index contributed by atoms with van der Waals surface area (Å²) in [6.07, 6.45) is 3.09. The first-order valence-corrected chi connectivity index (χ1v) is 10.4. The van der Waals surface area contributed by atoms with E-state index in [9.17, 15) is 4.79 Å². The number of halogens is 1. The molecular weight excluding hydrogens is 438 g/mol. The molecule has 0 radical (unpaired) electrons. The molecule has 0 saturated heterocycles. The molecule has 2 heterocycles. The standard InChI is InChI=1S/C21H18BrN3O2S/c1-27-18-9-2-14(3-10-18)19-12-25-17(13-28-21(25)24-19)8-11-20(26)23-16-6-4-15(22)5-7-16/h2-7,9-10,12-13H,8,11H2,1H3,(H,23,26). The Bertz CT molecular complexity index is 1100. The number of hydrogen-bond donors (Lipinski definition) is 1. The van der Waals surface area contributed by atoms with Crippen molar-refractivity contribution in [3.05, 3.63) is 70.3 Å². The molecule has 2 aromatic carbocycles. The van der Waals surface area contributed by atoms with E-state index in [1.165, 1.54) is 0 Å². The minimum absolute atomic E-state index is 0.00262. The van der Waals surface area contributed by atoms with Gasteiger partial charge in [0.15, 0.2) is 4.96 Å². The highest BCUT2D eigenvalue weighted by Crippen LogP contribution is 2.26. The quantitative estimate of drug-likeness (QED) is 0.423. The summed E-state index contributed by atoms with van der Waals surface area (Å²) in [5.41, 5.74) is 3.83. The normalized spacial score (nSPS) is 10.9. The van der Waals surface area contributed by atoms with Crippen LogP contribution in [0.4, 0.5) is 5.69 Å². The summed E-state index contributed by atoms with van der Waals surface area (Å²) < 4.78 is 8.26. The summed E-state index contributed by atoms with van der Waals surface area (Å²) in [5, 5.41) is 4.99. The second-order valence-corrected chi connectivity index (χ2v) is 8.04. The molecule has 28 heavy (non-hydrogen) atoms. The topological polar surface area (TPSA) is 55.6 Å². The zero-order valence-corrected chi connectivity index (χ0v) is 17.6. The third kappa shape index (κ3) is 4.10. The van der Waals surface area contributed by atoms with Gasteiger partial charge in [-0.25, -0.2) is 4.98 Å². The molecule has 0 unspecified atom stereocenters. The van der Waals surface area contributed by atoms with Crippen LogP contribution in [0.25, 0.3) is 16.2 Å². The van der Waals surface area contributed by atoms with Crippen LogP contribution in [0.5, 0.6) is 5.75 Å². The summed E-state index contributed by atoms with van der Waals surface area (Å²) >= 11 is 4.98. The van der Waals surface area contributed by atoms with Crippen LogP contribution in [0, 0.1) is 0 Å². The Morgan fingerprint density at radius 3 is 2.64 bits per heavy atom. The van der Waals surface area contributed by atoms with Crippen molar-refractivity contribution in [2.75, 3.05) is 12.4 Å². The van der Waals surface area contributed by atoms with E-state index >= 15 is 0 Å². The largest absolute Gasteiger partial charge is 0.497 e. The number of ether oxygens (including phenoxy) is 1. The van der Waals surface area contributed by atoms with Crippen molar-refractivity contribution in [2.45, 2.75) is 12.8 Å². The molecule has 5 nitrogen and oxygen atoms in total. The number of amides is 1. The first-order valence-electron chi connectivity index (χ1n) is 8.78. The molecule has 0 bridgehead atoms. The van der Waals surface area contributed by atoms with Crippen LogP contribution in [0.3, 0.4) is 0 Å². The highest BCUT2D eigenvalue weighted by molar-refractivity contribution is 9.10. The molecule has 1 N–H and O–H groups in total. The smallest absolute Gasteiger partial charge is 0.224 e. The summed E-state index contributed by atoms with van der Waals surface area (Å²) in [5.74, 6) is 0.819. The van der Waals surface area contributed by atoms with E-state index in [2.05, 4.69) is 31.0 Å². The Morgan fingerprint density at radius 2 is 1.93 bits per heavy atom. The van der Waals surface area contributed by atoms with Gasteiger partial charge in [-0.2, -0.15) is 0 Å². The lowest BCUT2D eigenvalue weighted by molar-refractivity contribution is -0.116. The average molecular weight is 456 g/mol. The monoisotopic (exact) mass is 455 g/mol. The maximum Gasteiger partial charge on any atom is 0.224 e. The molecule has 0 spiro atoms. The van der Waals surface area contributed by atoms with Crippen molar-refractivity contribution in [3.8, 4) is 17.0 Å². The lowest BCUT2D eigenvalue weighted by Crippen LogP contribution is -2.12. The van der Waals surface area contributed by atoms with E-state index in [1.54, 1.807) is 18.4 Å². The Hall–Kier alpha value is -2.64. The van der Waals surface area contributed by atoms with Crippen molar-refractivity contribution < 1.29 is 9.53 Å². The van der Waals surface area contributed by atoms with Crippen molar-refractivity contribution in [1.29, 1.82) is 0 Å². The van der Waals surface area contributed by atoms with E-state index in [1.807, 2.05) is 54.7 Å². The maximum atomic E-state index is 12.3. The molecule has 0 aliphatic heterocycles. The summed E-state index contributed by atoms with van der Waals surface area (Å²) in [6.45, 7) is 0. The van der Waals surface area contributed by atoms with Gasteiger partial charge in [-0.3, -0.25) is 9.20 Å². The van der Waals surface area contributed by atoms with E-state index < -0.39 is 0 Å². The fraction of sp³-hybridized carbons (Fsp3) is 0.143. The maximum absolute atomic E-state index is 12.3. The SMILES string of the molecule is COc1ccc(-c2cn3c(CCC(=O)Nc4ccc(Br)cc4)csc3n2)cc1. The number of methoxy groups -OCH3 is 1. The van der Waals surface area contributed by atoms with Crippen LogP contribution < -0.4 is 10.1 Å². The summed E-state index contributed by atoms with van der Waals surface area (Å²) in [7, 11) is 1.65. The molecule has 0 saturated carbocycles. The number of imidazole rings is 1. The fourth-order valence-electron chi connectivity index (χ4n) is 2.91. The van der Waals surface area contributed by atoms with Gasteiger partial charge in [0.05, 0.1) is 12.8 Å². The first-order chi connectivity index (χ1) is 13.6. The minimum atomic E-state index is -0.00262. The Morgan fingerprint density at radius 1 is 1.18 bits per heavy atom. The van der Waals surface area contributed by atoms with Gasteiger partial charge in [0, 0.05) is 39.4 Å². The molecule has 7 heteroatoms. The first kappa shape index (κ1) is 18.7. The van der Waals surface area contributed by atoms with E-state index in [-0.39, 0.29) is 5.91 Å². The van der Waals surface area contributed by atoms with Gasteiger partial charge in [0.25, 0.3) is 0 Å². The van der Waals surface area contributed by atoms with Crippen LogP contribution >= 0.6 is 27.3 Å². The minimum Gasteiger partial charge on any atom is -0.497 e. The number of aryl methyl sites for hydroxylation is 1. The van der Waals surface area contributed by atoms with Gasteiger partial charge in [-0.15, -0.1) is 11.3 Å². The van der Waals surface area contributed by atoms with Gasteiger partial charge < -0.3 is 10.1 Å². The van der Waals surface area contributed by atoms with Crippen LogP contribution in [0.2, 0.25) is 0 Å². The predicted molar refractivity (Wildman–Crippen MR) is 116 cm³/mol. The van der Waals surface area contributed by atoms with Crippen LogP contribution in [-0.4, -0.2) is 22.4 Å². The molecule has 4 rings (SSSR count). The number of carbonyl (C=O) groups is 1. The molecule has 0 aliphatic rings. The predicted octanol–water partition coefficient (Wildman–Crippen LogP) is 5.41. The number of nitrogens with one attached hydrogen (secondary N) is 1. The third-order valence-corrected chi connectivity index (χ3v) is 5.82. The van der Waals surface area contributed by atoms with Crippen LogP contribution in [-0.2, 0) is 11.2 Å². The number of fused-ring (bicyclic) bond motifs is 1. The highest BCUT2D eigenvalue weighted by Gasteiger charge is 2.11. The summed E-state index contributed by atoms with van der Waals surface area (Å²) in [6, 6.07) is 15.4. The van der Waals surface area contributed by atoms with Gasteiger partial charge in [-0.05, 0) is 55.0 Å². The highest BCUT2D eigenvalue weighted by atomic mass is 79.9. The number of hydrogen-bond acceptors (Lipinski definition) is 4. The van der Waals surface area contributed by atoms with Crippen molar-refractivity contribution in [2.24, 2.45) is 0 Å². The molecular formula is C21H18BrN3O2S. The Kier molecular flexibility index (Phi) is 5.45. The van der Waals surface area contributed by atoms with Gasteiger partial charge in [0.1, 0.15) is 5.75 Å². The van der Waals surface area contributed by atoms with Crippen molar-refractivity contribution >= 4 is 43.8 Å². The number of thiazole rings is 1. The molecule has 0 fully saturated rings. The lowest BCUT2D eigenvalue weighted by Gasteiger charge is -2.05. The lowest BCUT2D eigenvalue weighted by atomic mass is 10.1. The Labute approximate surface area is 175 Å². The van der Waals surface area contributed by atoms with Gasteiger partial charge in [0.2, 0.25) is 5.91 Å². The number of nitrogens with zero attached hydrogens (tertiary/aromatic N) is 2. The second-order valence-electron chi connectivity index (χ2n) is 6.29.